The van der Waals surface area contributed by atoms with Gasteiger partial charge < -0.3 is 5.11 Å². The third-order valence-corrected chi connectivity index (χ3v) is 4.88. The van der Waals surface area contributed by atoms with Crippen molar-refractivity contribution < 1.29 is 5.11 Å². The first kappa shape index (κ1) is 17.7. The SMILES string of the molecule is Clc1cc2ccc1=2.N#CCC(O)c1ccc(-c2ccc(Br)cc2)cc1. The van der Waals surface area contributed by atoms with Gasteiger partial charge in [-0.15, -0.1) is 0 Å². The Morgan fingerprint density at radius 1 is 0.960 bits per heavy atom. The summed E-state index contributed by atoms with van der Waals surface area (Å²) in [6.07, 6.45) is -0.577. The van der Waals surface area contributed by atoms with Crippen LogP contribution >= 0.6 is 27.5 Å². The maximum absolute atomic E-state index is 9.69. The molecule has 0 fully saturated rings. The van der Waals surface area contributed by atoms with Gasteiger partial charge in [0.1, 0.15) is 0 Å². The van der Waals surface area contributed by atoms with Gasteiger partial charge in [-0.05, 0) is 40.1 Å². The highest BCUT2D eigenvalue weighted by atomic mass is 79.9. The first-order chi connectivity index (χ1) is 12.1. The van der Waals surface area contributed by atoms with E-state index in [-0.39, 0.29) is 6.42 Å². The molecule has 4 rings (SSSR count). The van der Waals surface area contributed by atoms with E-state index in [1.807, 2.05) is 66.7 Å². The standard InChI is InChI=1S/C15H12BrNO.C6H3Cl/c16-14-7-5-12(6-8-14)11-1-3-13(4-2-11)15(18)9-10-17;7-6-3-4-1-2-5(4)6/h1-8,15,18H,9H2;1-3H. The Morgan fingerprint density at radius 2 is 1.56 bits per heavy atom. The number of hydrogen-bond donors (Lipinski definition) is 1. The fourth-order valence-corrected chi connectivity index (χ4v) is 3.04. The summed E-state index contributed by atoms with van der Waals surface area (Å²) in [6, 6.07) is 23.7. The van der Waals surface area contributed by atoms with E-state index < -0.39 is 6.10 Å². The molecule has 0 saturated heterocycles. The minimum atomic E-state index is -0.700. The van der Waals surface area contributed by atoms with Gasteiger partial charge in [0, 0.05) is 14.7 Å². The third-order valence-electron chi connectivity index (χ3n) is 4.04. The van der Waals surface area contributed by atoms with E-state index in [9.17, 15) is 5.11 Å². The van der Waals surface area contributed by atoms with E-state index in [2.05, 4.69) is 22.0 Å². The Morgan fingerprint density at radius 3 is 1.92 bits per heavy atom. The normalized spacial score (nSPS) is 11.8. The third kappa shape index (κ3) is 4.11. The number of halogens is 2. The fraction of sp³-hybridized carbons (Fsp3) is 0.0952. The van der Waals surface area contributed by atoms with Gasteiger partial charge in [-0.2, -0.15) is 5.26 Å². The molecule has 0 amide bonds. The number of nitrogens with zero attached hydrogens (tertiary/aromatic N) is 1. The van der Waals surface area contributed by atoms with Gasteiger partial charge in [0.2, 0.25) is 0 Å². The van der Waals surface area contributed by atoms with Crippen LogP contribution in [0.25, 0.3) is 11.1 Å². The molecule has 1 N–H and O–H groups in total. The zero-order chi connectivity index (χ0) is 17.8. The van der Waals surface area contributed by atoms with Crippen LogP contribution in [0.15, 0.2) is 71.2 Å². The van der Waals surface area contributed by atoms with Crippen molar-refractivity contribution in [2.45, 2.75) is 12.5 Å². The van der Waals surface area contributed by atoms with Crippen molar-refractivity contribution in [3.05, 3.63) is 92.2 Å². The number of aliphatic hydroxyl groups is 1. The number of hydrogen-bond acceptors (Lipinski definition) is 2. The van der Waals surface area contributed by atoms with Crippen molar-refractivity contribution in [1.29, 1.82) is 5.26 Å². The zero-order valence-electron chi connectivity index (χ0n) is 13.3. The van der Waals surface area contributed by atoms with Gasteiger partial charge in [-0.25, -0.2) is 0 Å². The van der Waals surface area contributed by atoms with Gasteiger partial charge in [0.05, 0.1) is 18.6 Å². The summed E-state index contributed by atoms with van der Waals surface area (Å²) in [5.41, 5.74) is 2.99. The molecule has 0 bridgehead atoms. The van der Waals surface area contributed by atoms with Gasteiger partial charge in [-0.1, -0.05) is 76.1 Å². The topological polar surface area (TPSA) is 44.0 Å². The molecule has 0 spiro atoms. The fourth-order valence-electron chi connectivity index (χ4n) is 2.49. The van der Waals surface area contributed by atoms with Crippen LogP contribution in [0.5, 0.6) is 0 Å². The van der Waals surface area contributed by atoms with Crippen LogP contribution in [0.1, 0.15) is 18.1 Å². The smallest absolute Gasteiger partial charge is 0.0919 e. The molecule has 4 heteroatoms. The van der Waals surface area contributed by atoms with Gasteiger partial charge in [-0.3, -0.25) is 0 Å². The summed E-state index contributed by atoms with van der Waals surface area (Å²) in [7, 11) is 0. The zero-order valence-corrected chi connectivity index (χ0v) is 15.6. The monoisotopic (exact) mass is 411 g/mol. The molecule has 25 heavy (non-hydrogen) atoms. The largest absolute Gasteiger partial charge is 0.387 e. The molecule has 2 nitrogen and oxygen atoms in total. The first-order valence-electron chi connectivity index (χ1n) is 7.79. The molecule has 1 unspecified atom stereocenters. The number of rotatable bonds is 3. The van der Waals surface area contributed by atoms with E-state index in [0.29, 0.717) is 0 Å². The number of benzene rings is 3. The average molecular weight is 413 g/mol. The molecule has 2 aliphatic rings. The van der Waals surface area contributed by atoms with Gasteiger partial charge >= 0.3 is 0 Å². The summed E-state index contributed by atoms with van der Waals surface area (Å²) in [5, 5.41) is 21.7. The Balaban J connectivity index is 0.000000213. The lowest BCUT2D eigenvalue weighted by atomic mass is 10.0. The Labute approximate surface area is 159 Å². The van der Waals surface area contributed by atoms with Crippen molar-refractivity contribution in [2.75, 3.05) is 0 Å². The molecule has 0 saturated carbocycles. The molecule has 0 aliphatic heterocycles. The second kappa shape index (κ2) is 7.84. The van der Waals surface area contributed by atoms with Crippen LogP contribution in [-0.2, 0) is 0 Å². The summed E-state index contributed by atoms with van der Waals surface area (Å²) < 4.78 is 1.05. The molecule has 1 atom stereocenters. The first-order valence-corrected chi connectivity index (χ1v) is 8.96. The lowest BCUT2D eigenvalue weighted by Crippen LogP contribution is -1.95. The second-order valence-corrected chi connectivity index (χ2v) is 7.02. The molecular weight excluding hydrogens is 398 g/mol. The summed E-state index contributed by atoms with van der Waals surface area (Å²) >= 11 is 9.00. The molecule has 0 radical (unpaired) electrons. The summed E-state index contributed by atoms with van der Waals surface area (Å²) in [6.45, 7) is 0. The van der Waals surface area contributed by atoms with Gasteiger partial charge in [0.25, 0.3) is 0 Å². The maximum atomic E-state index is 9.69. The van der Waals surface area contributed by atoms with Crippen LogP contribution in [0.4, 0.5) is 0 Å². The minimum Gasteiger partial charge on any atom is -0.387 e. The van der Waals surface area contributed by atoms with Crippen molar-refractivity contribution in [3.8, 4) is 17.2 Å². The Hall–Kier alpha value is -2.12. The molecule has 124 valence electrons. The highest BCUT2D eigenvalue weighted by molar-refractivity contribution is 9.10. The quantitative estimate of drug-likeness (QED) is 0.448. The lowest BCUT2D eigenvalue weighted by Gasteiger charge is -2.08. The van der Waals surface area contributed by atoms with E-state index in [1.165, 1.54) is 10.4 Å². The summed E-state index contributed by atoms with van der Waals surface area (Å²) in [5.74, 6) is 0. The van der Waals surface area contributed by atoms with E-state index >= 15 is 0 Å². The van der Waals surface area contributed by atoms with Crippen molar-refractivity contribution in [2.24, 2.45) is 0 Å². The number of aliphatic hydroxyl groups excluding tert-OH is 1. The molecular formula is C21H15BrClNO. The second-order valence-electron chi connectivity index (χ2n) is 5.70. The predicted octanol–water partition coefficient (Wildman–Crippen LogP) is 6.00. The van der Waals surface area contributed by atoms with E-state index in [1.54, 1.807) is 0 Å². The highest BCUT2D eigenvalue weighted by Crippen LogP contribution is 2.24. The molecule has 0 aromatic heterocycles. The Kier molecular flexibility index (Phi) is 5.55. The molecule has 2 aromatic rings. The van der Waals surface area contributed by atoms with Crippen LogP contribution in [0, 0.1) is 21.8 Å². The van der Waals surface area contributed by atoms with Crippen LogP contribution in [-0.4, -0.2) is 5.11 Å². The molecule has 2 aromatic carbocycles. The lowest BCUT2D eigenvalue weighted by molar-refractivity contribution is 0.183. The highest BCUT2D eigenvalue weighted by Gasteiger charge is 2.06. The van der Waals surface area contributed by atoms with Gasteiger partial charge in [0.15, 0.2) is 0 Å². The van der Waals surface area contributed by atoms with E-state index in [4.69, 9.17) is 16.9 Å². The van der Waals surface area contributed by atoms with Crippen molar-refractivity contribution in [3.63, 3.8) is 0 Å². The van der Waals surface area contributed by atoms with E-state index in [0.717, 1.165) is 26.2 Å². The molecule has 0 heterocycles. The van der Waals surface area contributed by atoms with Crippen LogP contribution in [0.3, 0.4) is 0 Å². The molecule has 2 aliphatic carbocycles. The van der Waals surface area contributed by atoms with Crippen molar-refractivity contribution >= 4 is 27.5 Å². The minimum absolute atomic E-state index is 0.123. The summed E-state index contributed by atoms with van der Waals surface area (Å²) in [4.78, 5) is 0. The van der Waals surface area contributed by atoms with Crippen LogP contribution < -0.4 is 0 Å². The average Bonchev–Trinajstić information content (AvgIpc) is 2.61. The maximum Gasteiger partial charge on any atom is 0.0919 e. The van der Waals surface area contributed by atoms with Crippen LogP contribution in [0.2, 0.25) is 5.02 Å². The predicted molar refractivity (Wildman–Crippen MR) is 104 cm³/mol. The van der Waals surface area contributed by atoms with Crippen molar-refractivity contribution in [1.82, 2.24) is 0 Å². The Bertz CT molecular complexity index is 1010. The number of nitriles is 1.